The van der Waals surface area contributed by atoms with Gasteiger partial charge in [-0.2, -0.15) is 0 Å². The molecule has 0 saturated heterocycles. The van der Waals surface area contributed by atoms with Gasteiger partial charge in [-0.1, -0.05) is 19.1 Å². The summed E-state index contributed by atoms with van der Waals surface area (Å²) < 4.78 is 0. The first-order chi connectivity index (χ1) is 9.47. The van der Waals surface area contributed by atoms with Crippen LogP contribution in [0.15, 0.2) is 25.3 Å². The zero-order valence-corrected chi connectivity index (χ0v) is 12.9. The highest BCUT2D eigenvalue weighted by Crippen LogP contribution is 2.26. The number of hydrogen-bond donors (Lipinski definition) is 1. The number of thiazole rings is 1. The first-order valence-electron chi connectivity index (χ1n) is 6.60. The van der Waals surface area contributed by atoms with E-state index >= 15 is 0 Å². The molecule has 1 heterocycles. The molecule has 0 bridgehead atoms. The summed E-state index contributed by atoms with van der Waals surface area (Å²) in [6.07, 6.45) is 3.80. The Morgan fingerprint density at radius 3 is 2.55 bits per heavy atom. The van der Waals surface area contributed by atoms with Gasteiger partial charge in [0.15, 0.2) is 0 Å². The zero-order chi connectivity index (χ0) is 15.1. The van der Waals surface area contributed by atoms with Crippen LogP contribution in [-0.4, -0.2) is 40.6 Å². The summed E-state index contributed by atoms with van der Waals surface area (Å²) in [5, 5.41) is 9.87. The molecule has 20 heavy (non-hydrogen) atoms. The largest absolute Gasteiger partial charge is 0.481 e. The van der Waals surface area contributed by atoms with Crippen LogP contribution in [0.4, 0.5) is 0 Å². The molecule has 0 radical (unpaired) electrons. The van der Waals surface area contributed by atoms with E-state index in [-0.39, 0.29) is 12.3 Å². The van der Waals surface area contributed by atoms with Gasteiger partial charge >= 0.3 is 5.97 Å². The summed E-state index contributed by atoms with van der Waals surface area (Å²) in [6.45, 7) is 14.0. The molecular formula is C15H22N2O2S. The van der Waals surface area contributed by atoms with Crippen molar-refractivity contribution in [3.8, 4) is 0 Å². The van der Waals surface area contributed by atoms with Gasteiger partial charge in [0, 0.05) is 30.4 Å². The van der Waals surface area contributed by atoms with Crippen molar-refractivity contribution in [3.63, 3.8) is 0 Å². The van der Waals surface area contributed by atoms with Gasteiger partial charge < -0.3 is 5.11 Å². The summed E-state index contributed by atoms with van der Waals surface area (Å²) in [6, 6.07) is 0. The van der Waals surface area contributed by atoms with Crippen molar-refractivity contribution >= 4 is 17.3 Å². The van der Waals surface area contributed by atoms with Gasteiger partial charge in [0.1, 0.15) is 0 Å². The number of aliphatic carboxylic acids is 1. The SMILES string of the molecule is C=CCN(CC=C)CC(C)c1nc(C)c(CC(=O)O)s1. The maximum absolute atomic E-state index is 10.8. The fraction of sp³-hybridized carbons (Fsp3) is 0.467. The van der Waals surface area contributed by atoms with Crippen LogP contribution < -0.4 is 0 Å². The predicted molar refractivity (Wildman–Crippen MR) is 83.4 cm³/mol. The lowest BCUT2D eigenvalue weighted by Crippen LogP contribution is -2.28. The lowest BCUT2D eigenvalue weighted by Gasteiger charge is -2.21. The summed E-state index contributed by atoms with van der Waals surface area (Å²) in [7, 11) is 0. The molecular weight excluding hydrogens is 272 g/mol. The Morgan fingerprint density at radius 2 is 2.05 bits per heavy atom. The number of carbonyl (C=O) groups is 1. The second-order valence-electron chi connectivity index (χ2n) is 4.83. The normalized spacial score (nSPS) is 12.3. The van der Waals surface area contributed by atoms with Crippen LogP contribution in [0.2, 0.25) is 0 Å². The molecule has 1 rings (SSSR count). The third-order valence-electron chi connectivity index (χ3n) is 2.95. The highest BCUT2D eigenvalue weighted by Gasteiger charge is 2.17. The summed E-state index contributed by atoms with van der Waals surface area (Å²) >= 11 is 1.50. The Kier molecular flexibility index (Phi) is 6.61. The van der Waals surface area contributed by atoms with Crippen LogP contribution in [0.1, 0.15) is 28.4 Å². The molecule has 0 aromatic carbocycles. The van der Waals surface area contributed by atoms with Crippen LogP contribution in [0, 0.1) is 6.92 Å². The van der Waals surface area contributed by atoms with Crippen molar-refractivity contribution in [1.82, 2.24) is 9.88 Å². The number of aryl methyl sites for hydroxylation is 1. The molecule has 1 N–H and O–H groups in total. The van der Waals surface area contributed by atoms with E-state index in [1.165, 1.54) is 11.3 Å². The van der Waals surface area contributed by atoms with E-state index in [4.69, 9.17) is 5.11 Å². The number of hydrogen-bond acceptors (Lipinski definition) is 4. The van der Waals surface area contributed by atoms with Crippen molar-refractivity contribution in [1.29, 1.82) is 0 Å². The van der Waals surface area contributed by atoms with Gasteiger partial charge in [-0.3, -0.25) is 9.69 Å². The first kappa shape index (κ1) is 16.6. The molecule has 5 heteroatoms. The molecule has 110 valence electrons. The van der Waals surface area contributed by atoms with Gasteiger partial charge in [-0.05, 0) is 6.92 Å². The fourth-order valence-corrected chi connectivity index (χ4v) is 3.12. The number of carboxylic acid groups (broad SMARTS) is 1. The summed E-state index contributed by atoms with van der Waals surface area (Å²) in [5.41, 5.74) is 0.832. The molecule has 0 aliphatic rings. The Balaban J connectivity index is 2.75. The number of rotatable bonds is 9. The Hall–Kier alpha value is -1.46. The van der Waals surface area contributed by atoms with Crippen LogP contribution >= 0.6 is 11.3 Å². The number of carboxylic acids is 1. The lowest BCUT2D eigenvalue weighted by molar-refractivity contribution is -0.136. The molecule has 1 aromatic heterocycles. The number of nitrogens with zero attached hydrogens (tertiary/aromatic N) is 2. The van der Waals surface area contributed by atoms with Gasteiger partial charge in [0.05, 0.1) is 17.1 Å². The molecule has 0 aliphatic carbocycles. The Morgan fingerprint density at radius 1 is 1.45 bits per heavy atom. The third kappa shape index (κ3) is 4.90. The second kappa shape index (κ2) is 7.97. The van der Waals surface area contributed by atoms with Crippen molar-refractivity contribution in [2.24, 2.45) is 0 Å². The van der Waals surface area contributed by atoms with E-state index < -0.39 is 5.97 Å². The van der Waals surface area contributed by atoms with E-state index in [1.54, 1.807) is 0 Å². The second-order valence-corrected chi connectivity index (χ2v) is 5.94. The van der Waals surface area contributed by atoms with Gasteiger partial charge in [0.25, 0.3) is 0 Å². The van der Waals surface area contributed by atoms with E-state index in [9.17, 15) is 4.79 Å². The summed E-state index contributed by atoms with van der Waals surface area (Å²) in [4.78, 5) is 18.4. The van der Waals surface area contributed by atoms with Crippen molar-refractivity contribution in [2.45, 2.75) is 26.2 Å². The van der Waals surface area contributed by atoms with E-state index in [2.05, 4.69) is 30.0 Å². The van der Waals surface area contributed by atoms with Gasteiger partial charge in [-0.25, -0.2) is 4.98 Å². The van der Waals surface area contributed by atoms with Gasteiger partial charge in [0.2, 0.25) is 0 Å². The Labute approximate surface area is 124 Å². The topological polar surface area (TPSA) is 53.4 Å². The van der Waals surface area contributed by atoms with Crippen molar-refractivity contribution in [2.75, 3.05) is 19.6 Å². The lowest BCUT2D eigenvalue weighted by atomic mass is 10.1. The summed E-state index contributed by atoms with van der Waals surface area (Å²) in [5.74, 6) is -0.544. The number of aromatic nitrogens is 1. The molecule has 1 unspecified atom stereocenters. The van der Waals surface area contributed by atoms with Gasteiger partial charge in [-0.15, -0.1) is 24.5 Å². The maximum Gasteiger partial charge on any atom is 0.308 e. The van der Waals surface area contributed by atoms with Crippen molar-refractivity contribution in [3.05, 3.63) is 40.9 Å². The highest BCUT2D eigenvalue weighted by molar-refractivity contribution is 7.11. The minimum Gasteiger partial charge on any atom is -0.481 e. The van der Waals surface area contributed by atoms with Crippen molar-refractivity contribution < 1.29 is 9.90 Å². The Bertz CT molecular complexity index is 472. The predicted octanol–water partition coefficient (Wildman–Crippen LogP) is 2.86. The van der Waals surface area contributed by atoms with Crippen LogP contribution in [0.3, 0.4) is 0 Å². The fourth-order valence-electron chi connectivity index (χ4n) is 2.02. The molecule has 0 spiro atoms. The van der Waals surface area contributed by atoms with E-state index in [0.717, 1.165) is 35.2 Å². The molecule has 0 aliphatic heterocycles. The molecule has 4 nitrogen and oxygen atoms in total. The molecule has 1 atom stereocenters. The average molecular weight is 294 g/mol. The minimum absolute atomic E-state index is 0.0548. The minimum atomic E-state index is -0.809. The maximum atomic E-state index is 10.8. The third-order valence-corrected chi connectivity index (χ3v) is 4.34. The standard InChI is InChI=1S/C15H22N2O2S/c1-5-7-17(8-6-2)10-11(3)15-16-12(4)13(20-15)9-14(18)19/h5-6,11H,1-2,7-10H2,3-4H3,(H,18,19). The molecule has 1 aromatic rings. The zero-order valence-electron chi connectivity index (χ0n) is 12.1. The monoisotopic (exact) mass is 294 g/mol. The molecule has 0 amide bonds. The highest BCUT2D eigenvalue weighted by atomic mass is 32.1. The van der Waals surface area contributed by atoms with E-state index in [1.807, 2.05) is 19.1 Å². The first-order valence-corrected chi connectivity index (χ1v) is 7.41. The quantitative estimate of drug-likeness (QED) is 0.712. The smallest absolute Gasteiger partial charge is 0.308 e. The average Bonchev–Trinajstić information content (AvgIpc) is 2.71. The van der Waals surface area contributed by atoms with Crippen LogP contribution in [0.5, 0.6) is 0 Å². The van der Waals surface area contributed by atoms with Crippen LogP contribution in [-0.2, 0) is 11.2 Å². The molecule has 0 saturated carbocycles. The van der Waals surface area contributed by atoms with E-state index in [0.29, 0.717) is 0 Å². The van der Waals surface area contributed by atoms with Crippen LogP contribution in [0.25, 0.3) is 0 Å². The molecule has 0 fully saturated rings.